The maximum absolute atomic E-state index is 13.8. The molecule has 2 rings (SSSR count). The normalized spacial score (nSPS) is 12.3. The average molecular weight is 351 g/mol. The average Bonchev–Trinajstić information content (AvgIpc) is 2.56. The third-order valence-corrected chi connectivity index (χ3v) is 3.22. The first kappa shape index (κ1) is 17.9. The van der Waals surface area contributed by atoms with Crippen LogP contribution in [0.4, 0.5) is 10.1 Å². The molecular weight excluding hydrogens is 337 g/mol. The van der Waals surface area contributed by atoms with Crippen LogP contribution in [-0.4, -0.2) is 28.3 Å². The Hall–Kier alpha value is -2.49. The van der Waals surface area contributed by atoms with Gasteiger partial charge in [0, 0.05) is 11.1 Å². The van der Waals surface area contributed by atoms with Gasteiger partial charge in [0.15, 0.2) is 17.3 Å². The Bertz CT molecular complexity index is 781. The van der Waals surface area contributed by atoms with Gasteiger partial charge in [-0.05, 0) is 49.5 Å². The van der Waals surface area contributed by atoms with E-state index in [-0.39, 0.29) is 5.56 Å². The maximum Gasteiger partial charge on any atom is 0.357 e. The number of rotatable bonds is 7. The Labute approximate surface area is 140 Å². The molecule has 0 aliphatic rings. The molecule has 1 atom stereocenters. The van der Waals surface area contributed by atoms with Gasteiger partial charge in [-0.1, -0.05) is 0 Å². The lowest BCUT2D eigenvalue weighted by atomic mass is 10.0. The minimum atomic E-state index is -2.64. The van der Waals surface area contributed by atoms with Gasteiger partial charge >= 0.3 is 11.4 Å². The minimum absolute atomic E-state index is 0.0909. The van der Waals surface area contributed by atoms with E-state index >= 15 is 0 Å². The number of ketones is 1. The van der Waals surface area contributed by atoms with E-state index < -0.39 is 28.7 Å². The van der Waals surface area contributed by atoms with Crippen LogP contribution < -0.4 is 9.50 Å². The Balaban J connectivity index is 2.16. The molecule has 7 nitrogen and oxygen atoms in total. The topological polar surface area (TPSA) is 100 Å². The van der Waals surface area contributed by atoms with Gasteiger partial charge in [0.2, 0.25) is 0 Å². The van der Waals surface area contributed by atoms with E-state index in [0.717, 1.165) is 12.1 Å². The van der Waals surface area contributed by atoms with Gasteiger partial charge in [0.05, 0.1) is 5.69 Å². The zero-order valence-corrected chi connectivity index (χ0v) is 13.4. The van der Waals surface area contributed by atoms with Gasteiger partial charge in [-0.15, -0.1) is 0 Å². The molecule has 0 fully saturated rings. The van der Waals surface area contributed by atoms with Gasteiger partial charge < -0.3 is 4.18 Å². The molecule has 0 aromatic heterocycles. The molecule has 0 aliphatic heterocycles. The minimum Gasteiger partial charge on any atom is -0.377 e. The number of hydrogen-bond acceptors (Lipinski definition) is 6. The lowest BCUT2D eigenvalue weighted by Crippen LogP contribution is -2.04. The van der Waals surface area contributed by atoms with Crippen LogP contribution >= 0.6 is 0 Å². The van der Waals surface area contributed by atoms with Crippen LogP contribution in [0.25, 0.3) is 0 Å². The molecule has 2 aromatic carbocycles. The number of benzene rings is 2. The van der Waals surface area contributed by atoms with Crippen molar-refractivity contribution in [3.05, 3.63) is 59.4 Å². The van der Waals surface area contributed by atoms with Gasteiger partial charge in [-0.3, -0.25) is 14.7 Å². The van der Waals surface area contributed by atoms with E-state index in [1.165, 1.54) is 6.07 Å². The van der Waals surface area contributed by atoms with E-state index in [1.807, 2.05) is 0 Å². The molecule has 0 radical (unpaired) electrons. The molecule has 0 heterocycles. The molecule has 1 unspecified atom stereocenters. The first-order chi connectivity index (χ1) is 11.5. The number of halogens is 1. The van der Waals surface area contributed by atoms with Crippen molar-refractivity contribution in [2.24, 2.45) is 10.2 Å². The van der Waals surface area contributed by atoms with Crippen LogP contribution in [0.15, 0.2) is 52.7 Å². The SMILES string of the molecule is CNCN=Nc1ccc(C(=O)c2ccc(OS(=O)O)c(F)c2)cc1. The van der Waals surface area contributed by atoms with Crippen LogP contribution in [0.5, 0.6) is 5.75 Å². The van der Waals surface area contributed by atoms with Crippen molar-refractivity contribution in [2.75, 3.05) is 13.7 Å². The molecular formula is C15H14FN3O4S. The van der Waals surface area contributed by atoms with Crippen LogP contribution in [-0.2, 0) is 11.4 Å². The molecule has 0 aliphatic carbocycles. The predicted molar refractivity (Wildman–Crippen MR) is 86.1 cm³/mol. The zero-order chi connectivity index (χ0) is 17.5. The van der Waals surface area contributed by atoms with E-state index in [0.29, 0.717) is 17.9 Å². The molecule has 24 heavy (non-hydrogen) atoms. The largest absolute Gasteiger partial charge is 0.377 e. The monoisotopic (exact) mass is 351 g/mol. The van der Waals surface area contributed by atoms with Crippen molar-refractivity contribution in [2.45, 2.75) is 0 Å². The van der Waals surface area contributed by atoms with Crippen LogP contribution in [0, 0.1) is 5.82 Å². The summed E-state index contributed by atoms with van der Waals surface area (Å²) in [7, 11) is 1.74. The summed E-state index contributed by atoms with van der Waals surface area (Å²) in [6.45, 7) is 0.382. The molecule has 9 heteroatoms. The van der Waals surface area contributed by atoms with E-state index in [4.69, 9.17) is 4.55 Å². The fourth-order valence-electron chi connectivity index (χ4n) is 1.82. The Morgan fingerprint density at radius 2 is 1.92 bits per heavy atom. The molecule has 0 saturated carbocycles. The molecule has 0 amide bonds. The summed E-state index contributed by atoms with van der Waals surface area (Å²) in [6, 6.07) is 9.74. The lowest BCUT2D eigenvalue weighted by molar-refractivity contribution is 0.103. The number of nitrogens with one attached hydrogen (secondary N) is 1. The third-order valence-electron chi connectivity index (χ3n) is 2.90. The van der Waals surface area contributed by atoms with Crippen molar-refractivity contribution in [3.8, 4) is 5.75 Å². The van der Waals surface area contributed by atoms with Gasteiger partial charge in [-0.2, -0.15) is 14.4 Å². The van der Waals surface area contributed by atoms with E-state index in [2.05, 4.69) is 19.7 Å². The first-order valence-corrected chi connectivity index (χ1v) is 7.80. The second-order valence-corrected chi connectivity index (χ2v) is 5.18. The van der Waals surface area contributed by atoms with Crippen molar-refractivity contribution < 1.29 is 22.1 Å². The molecule has 2 aromatic rings. The maximum atomic E-state index is 13.8. The first-order valence-electron chi connectivity index (χ1n) is 6.77. The summed E-state index contributed by atoms with van der Waals surface area (Å²) in [4.78, 5) is 12.3. The van der Waals surface area contributed by atoms with Gasteiger partial charge in [0.1, 0.15) is 6.67 Å². The summed E-state index contributed by atoms with van der Waals surface area (Å²) in [5.74, 6) is -1.71. The second-order valence-electron chi connectivity index (χ2n) is 4.57. The predicted octanol–water partition coefficient (Wildman–Crippen LogP) is 2.83. The molecule has 126 valence electrons. The molecule has 0 bridgehead atoms. The highest BCUT2D eigenvalue weighted by Gasteiger charge is 2.14. The van der Waals surface area contributed by atoms with Crippen LogP contribution in [0.3, 0.4) is 0 Å². The molecule has 2 N–H and O–H groups in total. The van der Waals surface area contributed by atoms with Crippen molar-refractivity contribution in [1.82, 2.24) is 5.32 Å². The number of azo groups is 1. The summed E-state index contributed by atoms with van der Waals surface area (Å²) < 4.78 is 37.2. The summed E-state index contributed by atoms with van der Waals surface area (Å²) in [6.07, 6.45) is 0. The highest BCUT2D eigenvalue weighted by molar-refractivity contribution is 7.74. The zero-order valence-electron chi connectivity index (χ0n) is 12.6. The van der Waals surface area contributed by atoms with Crippen molar-refractivity contribution in [3.63, 3.8) is 0 Å². The van der Waals surface area contributed by atoms with E-state index in [1.54, 1.807) is 31.3 Å². The van der Waals surface area contributed by atoms with Crippen LogP contribution in [0.2, 0.25) is 0 Å². The quantitative estimate of drug-likeness (QED) is 0.454. The highest BCUT2D eigenvalue weighted by atomic mass is 32.2. The van der Waals surface area contributed by atoms with Gasteiger partial charge in [0.25, 0.3) is 0 Å². The number of carbonyl (C=O) groups is 1. The third kappa shape index (κ3) is 4.75. The summed E-state index contributed by atoms with van der Waals surface area (Å²) in [5, 5.41) is 10.6. The summed E-state index contributed by atoms with van der Waals surface area (Å²) >= 11 is -2.64. The highest BCUT2D eigenvalue weighted by Crippen LogP contribution is 2.22. The van der Waals surface area contributed by atoms with Crippen LogP contribution in [0.1, 0.15) is 15.9 Å². The fourth-order valence-corrected chi connectivity index (χ4v) is 2.11. The fraction of sp³-hybridized carbons (Fsp3) is 0.133. The Morgan fingerprint density at radius 3 is 2.50 bits per heavy atom. The number of carbonyl (C=O) groups excluding carboxylic acids is 1. The summed E-state index contributed by atoms with van der Waals surface area (Å²) in [5.41, 5.74) is 1.02. The Morgan fingerprint density at radius 1 is 1.25 bits per heavy atom. The number of nitrogens with zero attached hydrogens (tertiary/aromatic N) is 2. The molecule has 0 saturated heterocycles. The Kier molecular flexibility index (Phi) is 6.24. The second kappa shape index (κ2) is 8.39. The van der Waals surface area contributed by atoms with E-state index in [9.17, 15) is 13.4 Å². The van der Waals surface area contributed by atoms with Crippen molar-refractivity contribution in [1.29, 1.82) is 0 Å². The smallest absolute Gasteiger partial charge is 0.357 e. The van der Waals surface area contributed by atoms with Gasteiger partial charge in [-0.25, -0.2) is 4.39 Å². The standard InChI is InChI=1S/C15H14FN3O4S/c1-17-9-18-19-12-5-2-10(3-6-12)15(20)11-4-7-14(13(16)8-11)23-24(21)22/h2-8,17H,9H2,1H3,(H,21,22). The number of hydrogen-bond donors (Lipinski definition) is 2. The lowest BCUT2D eigenvalue weighted by Gasteiger charge is -2.05. The molecule has 0 spiro atoms. The van der Waals surface area contributed by atoms with Crippen molar-refractivity contribution >= 4 is 22.8 Å².